The Morgan fingerprint density at radius 3 is 2.29 bits per heavy atom. The van der Waals surface area contributed by atoms with Crippen molar-refractivity contribution in [2.45, 2.75) is 30.7 Å². The highest BCUT2D eigenvalue weighted by Crippen LogP contribution is 2.26. The van der Waals surface area contributed by atoms with E-state index in [2.05, 4.69) is 0 Å². The summed E-state index contributed by atoms with van der Waals surface area (Å²) in [5, 5.41) is 0. The monoisotopic (exact) mass is 408 g/mol. The quantitative estimate of drug-likeness (QED) is 0.760. The molecule has 1 aliphatic heterocycles. The van der Waals surface area contributed by atoms with Crippen molar-refractivity contribution in [3.63, 3.8) is 0 Å². The van der Waals surface area contributed by atoms with Crippen molar-refractivity contribution in [3.05, 3.63) is 65.2 Å². The fourth-order valence-electron chi connectivity index (χ4n) is 3.25. The van der Waals surface area contributed by atoms with Crippen LogP contribution in [0.1, 0.15) is 41.7 Å². The molecule has 1 heterocycles. The van der Waals surface area contributed by atoms with Crippen molar-refractivity contribution in [1.29, 1.82) is 0 Å². The molecule has 0 radical (unpaired) electrons. The van der Waals surface area contributed by atoms with Gasteiger partial charge in [0.1, 0.15) is 16.5 Å². The molecular formula is C20H22F2N2O3S. The molecule has 2 aromatic carbocycles. The van der Waals surface area contributed by atoms with E-state index in [0.29, 0.717) is 13.1 Å². The van der Waals surface area contributed by atoms with Crippen LogP contribution in [0.5, 0.6) is 0 Å². The highest BCUT2D eigenvalue weighted by molar-refractivity contribution is 7.89. The lowest BCUT2D eigenvalue weighted by atomic mass is 10.1. The van der Waals surface area contributed by atoms with Gasteiger partial charge in [0, 0.05) is 25.7 Å². The molecule has 0 aliphatic carbocycles. The molecule has 150 valence electrons. The number of hydrogen-bond donors (Lipinski definition) is 0. The average molecular weight is 408 g/mol. The second-order valence-corrected chi connectivity index (χ2v) is 8.81. The van der Waals surface area contributed by atoms with Gasteiger partial charge in [0.2, 0.25) is 10.0 Å². The van der Waals surface area contributed by atoms with Crippen molar-refractivity contribution < 1.29 is 22.0 Å². The molecule has 0 N–H and O–H groups in total. The van der Waals surface area contributed by atoms with Crippen LogP contribution in [0.2, 0.25) is 0 Å². The van der Waals surface area contributed by atoms with E-state index in [1.54, 1.807) is 26.1 Å². The summed E-state index contributed by atoms with van der Waals surface area (Å²) >= 11 is 0. The van der Waals surface area contributed by atoms with Crippen LogP contribution in [-0.4, -0.2) is 43.7 Å². The van der Waals surface area contributed by atoms with Crippen LogP contribution in [0.3, 0.4) is 0 Å². The first-order valence-electron chi connectivity index (χ1n) is 9.04. The summed E-state index contributed by atoms with van der Waals surface area (Å²) in [5.74, 6) is -1.70. The Morgan fingerprint density at radius 1 is 1.07 bits per heavy atom. The predicted molar refractivity (Wildman–Crippen MR) is 101 cm³/mol. The van der Waals surface area contributed by atoms with Crippen molar-refractivity contribution in [2.24, 2.45) is 0 Å². The maximum atomic E-state index is 14.3. The SMILES string of the molecule is CC(c1ccc(F)cc1)N(C)C(=O)c1ccc(F)c(S(=O)(=O)N2CCCC2)c1. The molecule has 0 aromatic heterocycles. The maximum Gasteiger partial charge on any atom is 0.254 e. The summed E-state index contributed by atoms with van der Waals surface area (Å²) < 4.78 is 54.1. The van der Waals surface area contributed by atoms with E-state index < -0.39 is 26.6 Å². The highest BCUT2D eigenvalue weighted by atomic mass is 32.2. The summed E-state index contributed by atoms with van der Waals surface area (Å²) in [6.45, 7) is 2.47. The van der Waals surface area contributed by atoms with Crippen LogP contribution < -0.4 is 0 Å². The number of halogens is 2. The maximum absolute atomic E-state index is 14.3. The summed E-state index contributed by atoms with van der Waals surface area (Å²) in [5.41, 5.74) is 0.805. The first-order valence-corrected chi connectivity index (χ1v) is 10.5. The Morgan fingerprint density at radius 2 is 1.68 bits per heavy atom. The van der Waals surface area contributed by atoms with Crippen LogP contribution in [0.15, 0.2) is 47.4 Å². The molecule has 1 saturated heterocycles. The minimum atomic E-state index is -3.98. The third kappa shape index (κ3) is 3.93. The van der Waals surface area contributed by atoms with Gasteiger partial charge in [-0.25, -0.2) is 17.2 Å². The van der Waals surface area contributed by atoms with Crippen molar-refractivity contribution in [2.75, 3.05) is 20.1 Å². The van der Waals surface area contributed by atoms with Gasteiger partial charge in [-0.3, -0.25) is 4.79 Å². The van der Waals surface area contributed by atoms with Gasteiger partial charge in [-0.2, -0.15) is 4.31 Å². The van der Waals surface area contributed by atoms with Gasteiger partial charge in [0.05, 0.1) is 6.04 Å². The van der Waals surface area contributed by atoms with E-state index in [1.165, 1.54) is 27.4 Å². The van der Waals surface area contributed by atoms with Gasteiger partial charge in [-0.1, -0.05) is 12.1 Å². The lowest BCUT2D eigenvalue weighted by Crippen LogP contribution is -2.31. The van der Waals surface area contributed by atoms with Gasteiger partial charge in [0.15, 0.2) is 0 Å². The summed E-state index contributed by atoms with van der Waals surface area (Å²) in [6.07, 6.45) is 1.47. The number of benzene rings is 2. The molecule has 1 fully saturated rings. The number of nitrogens with zero attached hydrogens (tertiary/aromatic N) is 2. The van der Waals surface area contributed by atoms with E-state index in [9.17, 15) is 22.0 Å². The summed E-state index contributed by atoms with van der Waals surface area (Å²) in [7, 11) is -2.42. The molecule has 1 amide bonds. The fourth-order valence-corrected chi connectivity index (χ4v) is 4.85. The zero-order valence-electron chi connectivity index (χ0n) is 15.7. The molecule has 0 bridgehead atoms. The Bertz CT molecular complexity index is 971. The van der Waals surface area contributed by atoms with Crippen LogP contribution >= 0.6 is 0 Å². The largest absolute Gasteiger partial charge is 0.335 e. The third-order valence-electron chi connectivity index (χ3n) is 5.11. The van der Waals surface area contributed by atoms with E-state index in [4.69, 9.17) is 0 Å². The standard InChI is InChI=1S/C20H22F2N2O3S/c1-14(15-5-8-17(21)9-6-15)23(2)20(25)16-7-10-18(22)19(13-16)28(26,27)24-11-3-4-12-24/h5-10,13-14H,3-4,11-12H2,1-2H3. The van der Waals surface area contributed by atoms with Gasteiger partial charge in [-0.05, 0) is 55.7 Å². The van der Waals surface area contributed by atoms with Crippen molar-refractivity contribution >= 4 is 15.9 Å². The number of carbonyl (C=O) groups excluding carboxylic acids is 1. The number of sulfonamides is 1. The Labute approximate surface area is 163 Å². The van der Waals surface area contributed by atoms with Crippen molar-refractivity contribution in [3.8, 4) is 0 Å². The summed E-state index contributed by atoms with van der Waals surface area (Å²) in [6, 6.07) is 8.78. The summed E-state index contributed by atoms with van der Waals surface area (Å²) in [4.78, 5) is 13.8. The van der Waals surface area contributed by atoms with Gasteiger partial charge < -0.3 is 4.90 Å². The fraction of sp³-hybridized carbons (Fsp3) is 0.350. The molecule has 8 heteroatoms. The predicted octanol–water partition coefficient (Wildman–Crippen LogP) is 3.58. The minimum absolute atomic E-state index is 0.0793. The van der Waals surface area contributed by atoms with E-state index in [1.807, 2.05) is 0 Å². The normalized spacial score (nSPS) is 16.1. The van der Waals surface area contributed by atoms with E-state index in [-0.39, 0.29) is 17.4 Å². The molecule has 1 unspecified atom stereocenters. The Hall–Kier alpha value is -2.32. The van der Waals surface area contributed by atoms with Crippen LogP contribution in [0.25, 0.3) is 0 Å². The van der Waals surface area contributed by atoms with Crippen LogP contribution in [0, 0.1) is 11.6 Å². The lowest BCUT2D eigenvalue weighted by Gasteiger charge is -2.26. The molecule has 5 nitrogen and oxygen atoms in total. The average Bonchev–Trinajstić information content (AvgIpc) is 3.23. The van der Waals surface area contributed by atoms with Crippen LogP contribution in [0.4, 0.5) is 8.78 Å². The number of hydrogen-bond acceptors (Lipinski definition) is 3. The smallest absolute Gasteiger partial charge is 0.254 e. The van der Waals surface area contributed by atoms with Gasteiger partial charge in [-0.15, -0.1) is 0 Å². The molecule has 2 aromatic rings. The van der Waals surface area contributed by atoms with Gasteiger partial charge >= 0.3 is 0 Å². The first-order chi connectivity index (χ1) is 13.2. The molecule has 28 heavy (non-hydrogen) atoms. The second-order valence-electron chi connectivity index (χ2n) is 6.90. The van der Waals surface area contributed by atoms with E-state index in [0.717, 1.165) is 30.5 Å². The first kappa shape index (κ1) is 20.4. The Kier molecular flexibility index (Phi) is 5.81. The van der Waals surface area contributed by atoms with Crippen LogP contribution in [-0.2, 0) is 10.0 Å². The zero-order valence-corrected chi connectivity index (χ0v) is 16.5. The molecule has 1 atom stereocenters. The lowest BCUT2D eigenvalue weighted by molar-refractivity contribution is 0.0742. The second kappa shape index (κ2) is 7.97. The number of amides is 1. The molecule has 1 aliphatic rings. The third-order valence-corrected chi connectivity index (χ3v) is 7.03. The van der Waals surface area contributed by atoms with Crippen molar-refractivity contribution in [1.82, 2.24) is 9.21 Å². The molecular weight excluding hydrogens is 386 g/mol. The molecule has 0 spiro atoms. The number of carbonyl (C=O) groups is 1. The van der Waals surface area contributed by atoms with E-state index >= 15 is 0 Å². The highest BCUT2D eigenvalue weighted by Gasteiger charge is 2.31. The minimum Gasteiger partial charge on any atom is -0.335 e. The van der Waals surface area contributed by atoms with Gasteiger partial charge in [0.25, 0.3) is 5.91 Å². The molecule has 3 rings (SSSR count). The Balaban J connectivity index is 1.88. The number of rotatable bonds is 5. The topological polar surface area (TPSA) is 57.7 Å². The molecule has 0 saturated carbocycles. The zero-order chi connectivity index (χ0) is 20.5.